The number of nitrogens with one attached hydrogen (secondary N) is 1. The van der Waals surface area contributed by atoms with Gasteiger partial charge in [-0.15, -0.1) is 0 Å². The van der Waals surface area contributed by atoms with Crippen LogP contribution in [0.2, 0.25) is 10.2 Å². The molecule has 3 aromatic carbocycles. The SMILES string of the molecule is O=C(Nc1ccccc1F)c1ccc(CSc2nc(Cl)cc(N3CCN(c4ccc(Cl)cc4)CC3)n2)cc1. The first-order chi connectivity index (χ1) is 18.4. The van der Waals surface area contributed by atoms with Crippen molar-refractivity contribution in [1.82, 2.24) is 9.97 Å². The van der Waals surface area contributed by atoms with E-state index in [1.165, 1.54) is 23.9 Å². The summed E-state index contributed by atoms with van der Waals surface area (Å²) in [4.78, 5) is 26.1. The van der Waals surface area contributed by atoms with Crippen molar-refractivity contribution >= 4 is 58.1 Å². The van der Waals surface area contributed by atoms with Crippen LogP contribution >= 0.6 is 35.0 Å². The first kappa shape index (κ1) is 26.3. The average Bonchev–Trinajstić information content (AvgIpc) is 2.94. The van der Waals surface area contributed by atoms with Crippen LogP contribution in [-0.2, 0) is 5.75 Å². The summed E-state index contributed by atoms with van der Waals surface area (Å²) in [5, 5.41) is 4.32. The molecule has 1 amide bonds. The van der Waals surface area contributed by atoms with Gasteiger partial charge in [-0.1, -0.05) is 59.2 Å². The lowest BCUT2D eigenvalue weighted by Crippen LogP contribution is -2.46. The second kappa shape index (κ2) is 12.0. The maximum Gasteiger partial charge on any atom is 0.255 e. The molecule has 2 heterocycles. The highest BCUT2D eigenvalue weighted by Crippen LogP contribution is 2.27. The summed E-state index contributed by atoms with van der Waals surface area (Å²) in [5.74, 6) is 0.578. The average molecular weight is 569 g/mol. The van der Waals surface area contributed by atoms with Crippen LogP contribution in [0.5, 0.6) is 0 Å². The van der Waals surface area contributed by atoms with Gasteiger partial charge in [0.1, 0.15) is 16.8 Å². The molecule has 1 N–H and O–H groups in total. The number of nitrogens with zero attached hydrogens (tertiary/aromatic N) is 4. The molecular weight excluding hydrogens is 544 g/mol. The summed E-state index contributed by atoms with van der Waals surface area (Å²) in [6.45, 7) is 3.36. The van der Waals surface area contributed by atoms with Gasteiger partial charge in [-0.3, -0.25) is 4.79 Å². The van der Waals surface area contributed by atoms with E-state index in [0.717, 1.165) is 48.3 Å². The fraction of sp³-hybridized carbons (Fsp3) is 0.179. The monoisotopic (exact) mass is 567 g/mol. The van der Waals surface area contributed by atoms with E-state index in [4.69, 9.17) is 28.2 Å². The molecule has 0 bridgehead atoms. The largest absolute Gasteiger partial charge is 0.368 e. The summed E-state index contributed by atoms with van der Waals surface area (Å²) >= 11 is 13.8. The Morgan fingerprint density at radius 3 is 2.29 bits per heavy atom. The van der Waals surface area contributed by atoms with Gasteiger partial charge in [0, 0.05) is 54.3 Å². The number of hydrogen-bond acceptors (Lipinski definition) is 6. The van der Waals surface area contributed by atoms with Crippen LogP contribution in [0.25, 0.3) is 0 Å². The third kappa shape index (κ3) is 6.56. The number of aromatic nitrogens is 2. The number of benzene rings is 3. The third-order valence-corrected chi connectivity index (χ3v) is 7.53. The smallest absolute Gasteiger partial charge is 0.255 e. The summed E-state index contributed by atoms with van der Waals surface area (Å²) < 4.78 is 13.8. The second-order valence-electron chi connectivity index (χ2n) is 8.70. The van der Waals surface area contributed by atoms with Gasteiger partial charge in [-0.2, -0.15) is 0 Å². The molecule has 1 aliphatic rings. The minimum Gasteiger partial charge on any atom is -0.368 e. The van der Waals surface area contributed by atoms with Crippen molar-refractivity contribution in [2.24, 2.45) is 0 Å². The third-order valence-electron chi connectivity index (χ3n) is 6.16. The Labute approximate surface area is 234 Å². The van der Waals surface area contributed by atoms with E-state index >= 15 is 0 Å². The summed E-state index contributed by atoms with van der Waals surface area (Å²) in [6.07, 6.45) is 0. The Morgan fingerprint density at radius 2 is 1.58 bits per heavy atom. The Hall–Kier alpha value is -3.33. The molecule has 0 radical (unpaired) electrons. The predicted molar refractivity (Wildman–Crippen MR) is 153 cm³/mol. The number of halogens is 3. The fourth-order valence-corrected chi connectivity index (χ4v) is 5.28. The normalized spacial score (nSPS) is 13.4. The van der Waals surface area contributed by atoms with Crippen LogP contribution in [0.15, 0.2) is 84.0 Å². The molecule has 5 rings (SSSR count). The lowest BCUT2D eigenvalue weighted by atomic mass is 10.1. The molecule has 4 aromatic rings. The Kier molecular flexibility index (Phi) is 8.32. The van der Waals surface area contributed by atoms with Crippen LogP contribution in [0.1, 0.15) is 15.9 Å². The minimum atomic E-state index is -0.474. The van der Waals surface area contributed by atoms with E-state index in [-0.39, 0.29) is 11.6 Å². The zero-order valence-corrected chi connectivity index (χ0v) is 22.6. The maximum absolute atomic E-state index is 13.8. The van der Waals surface area contributed by atoms with Crippen molar-refractivity contribution in [3.63, 3.8) is 0 Å². The van der Waals surface area contributed by atoms with Crippen molar-refractivity contribution in [2.45, 2.75) is 10.9 Å². The van der Waals surface area contributed by atoms with Crippen LogP contribution in [0.3, 0.4) is 0 Å². The van der Waals surface area contributed by atoms with Gasteiger partial charge in [0.25, 0.3) is 5.91 Å². The topological polar surface area (TPSA) is 61.4 Å². The lowest BCUT2D eigenvalue weighted by molar-refractivity contribution is 0.102. The van der Waals surface area contributed by atoms with Crippen molar-refractivity contribution in [1.29, 1.82) is 0 Å². The Bertz CT molecular complexity index is 1410. The number of anilines is 3. The van der Waals surface area contributed by atoms with Crippen molar-refractivity contribution in [3.05, 3.63) is 106 Å². The highest BCUT2D eigenvalue weighted by Gasteiger charge is 2.20. The summed E-state index contributed by atoms with van der Waals surface area (Å²) in [5.41, 5.74) is 2.75. The number of carbonyl (C=O) groups excluding carboxylic acids is 1. The summed E-state index contributed by atoms with van der Waals surface area (Å²) in [6, 6.07) is 22.9. The van der Waals surface area contributed by atoms with Crippen molar-refractivity contribution < 1.29 is 9.18 Å². The molecule has 1 saturated heterocycles. The molecular formula is C28H24Cl2FN5OS. The molecule has 0 saturated carbocycles. The van der Waals surface area contributed by atoms with Gasteiger partial charge in [0.2, 0.25) is 0 Å². The quantitative estimate of drug-likeness (QED) is 0.151. The van der Waals surface area contributed by atoms with Gasteiger partial charge < -0.3 is 15.1 Å². The van der Waals surface area contributed by atoms with E-state index in [0.29, 0.717) is 21.6 Å². The van der Waals surface area contributed by atoms with Crippen molar-refractivity contribution in [2.75, 3.05) is 41.3 Å². The van der Waals surface area contributed by atoms with Crippen LogP contribution < -0.4 is 15.1 Å². The molecule has 1 aromatic heterocycles. The van der Waals surface area contributed by atoms with Crippen LogP contribution in [0, 0.1) is 5.82 Å². The van der Waals surface area contributed by atoms with Crippen LogP contribution in [0.4, 0.5) is 21.6 Å². The predicted octanol–water partition coefficient (Wildman–Crippen LogP) is 6.79. The van der Waals surface area contributed by atoms with E-state index in [2.05, 4.69) is 20.1 Å². The fourth-order valence-electron chi connectivity index (χ4n) is 4.11. The van der Waals surface area contributed by atoms with Crippen LogP contribution in [-0.4, -0.2) is 42.1 Å². The zero-order chi connectivity index (χ0) is 26.5. The first-order valence-corrected chi connectivity index (χ1v) is 13.8. The molecule has 0 atom stereocenters. The molecule has 10 heteroatoms. The molecule has 194 valence electrons. The van der Waals surface area contributed by atoms with E-state index < -0.39 is 5.82 Å². The van der Waals surface area contributed by atoms with Gasteiger partial charge in [0.05, 0.1) is 5.69 Å². The maximum atomic E-state index is 13.8. The number of hydrogen-bond donors (Lipinski definition) is 1. The number of carbonyl (C=O) groups is 1. The molecule has 0 unspecified atom stereocenters. The number of para-hydroxylation sites is 1. The number of rotatable bonds is 7. The van der Waals surface area contributed by atoms with E-state index in [9.17, 15) is 9.18 Å². The Morgan fingerprint density at radius 1 is 0.895 bits per heavy atom. The molecule has 0 spiro atoms. The zero-order valence-electron chi connectivity index (χ0n) is 20.3. The molecule has 38 heavy (non-hydrogen) atoms. The standard InChI is InChI=1S/C28H24Cl2FN5OS/c29-21-9-11-22(12-10-21)35-13-15-36(16-14-35)26-17-25(30)33-28(34-26)38-18-19-5-7-20(8-6-19)27(37)32-24-4-2-1-3-23(24)31/h1-12,17H,13-16,18H2,(H,32,37). The number of amides is 1. The second-order valence-corrected chi connectivity index (χ2v) is 10.5. The van der Waals surface area contributed by atoms with Crippen molar-refractivity contribution in [3.8, 4) is 0 Å². The Balaban J connectivity index is 1.17. The highest BCUT2D eigenvalue weighted by atomic mass is 35.5. The summed E-state index contributed by atoms with van der Waals surface area (Å²) in [7, 11) is 0. The molecule has 0 aliphatic carbocycles. The highest BCUT2D eigenvalue weighted by molar-refractivity contribution is 7.98. The minimum absolute atomic E-state index is 0.150. The molecule has 6 nitrogen and oxygen atoms in total. The first-order valence-electron chi connectivity index (χ1n) is 12.0. The van der Waals surface area contributed by atoms with Gasteiger partial charge >= 0.3 is 0 Å². The van der Waals surface area contributed by atoms with E-state index in [1.807, 2.05) is 36.4 Å². The van der Waals surface area contributed by atoms with Gasteiger partial charge in [0.15, 0.2) is 5.16 Å². The molecule has 1 aliphatic heterocycles. The molecule has 1 fully saturated rings. The van der Waals surface area contributed by atoms with Gasteiger partial charge in [-0.05, 0) is 54.1 Å². The lowest BCUT2D eigenvalue weighted by Gasteiger charge is -2.36. The number of piperazine rings is 1. The van der Waals surface area contributed by atoms with E-state index in [1.54, 1.807) is 30.3 Å². The van der Waals surface area contributed by atoms with Gasteiger partial charge in [-0.25, -0.2) is 14.4 Å². The number of thioether (sulfide) groups is 1.